The van der Waals surface area contributed by atoms with Gasteiger partial charge in [-0.3, -0.25) is 0 Å². The topological polar surface area (TPSA) is 104 Å². The van der Waals surface area contributed by atoms with Crippen LogP contribution in [-0.2, 0) is 6.18 Å². The fourth-order valence-electron chi connectivity index (χ4n) is 2.46. The van der Waals surface area contributed by atoms with Crippen molar-refractivity contribution in [2.24, 2.45) is 0 Å². The molecule has 0 radical (unpaired) electrons. The van der Waals surface area contributed by atoms with Gasteiger partial charge in [0.1, 0.15) is 11.5 Å². The Balaban J connectivity index is 1.81. The van der Waals surface area contributed by atoms with Crippen molar-refractivity contribution in [2.45, 2.75) is 6.18 Å². The van der Waals surface area contributed by atoms with E-state index in [4.69, 9.17) is 33.5 Å². The van der Waals surface area contributed by atoms with Crippen LogP contribution in [0.2, 0.25) is 10.0 Å². The summed E-state index contributed by atoms with van der Waals surface area (Å²) in [4.78, 5) is 15.6. The van der Waals surface area contributed by atoms with Crippen molar-refractivity contribution in [1.82, 2.24) is 25.1 Å². The largest absolute Gasteiger partial charge is 0.433 e. The molecule has 0 saturated heterocycles. The van der Waals surface area contributed by atoms with Crippen LogP contribution in [0.15, 0.2) is 47.1 Å². The number of nitrogen functional groups attached to an aromatic ring is 1. The van der Waals surface area contributed by atoms with Gasteiger partial charge in [-0.25, -0.2) is 15.0 Å². The first kappa shape index (κ1) is 20.0. The zero-order chi connectivity index (χ0) is 21.5. The van der Waals surface area contributed by atoms with Gasteiger partial charge in [0.2, 0.25) is 11.6 Å². The zero-order valence-electron chi connectivity index (χ0n) is 14.7. The highest BCUT2D eigenvalue weighted by atomic mass is 35.5. The van der Waals surface area contributed by atoms with Crippen LogP contribution < -0.4 is 5.73 Å². The van der Waals surface area contributed by atoms with E-state index < -0.39 is 17.7 Å². The van der Waals surface area contributed by atoms with Gasteiger partial charge in [0.05, 0.1) is 15.7 Å². The number of hydrogen-bond acceptors (Lipinski definition) is 7. The molecular formula is C18H9Cl2F3N6O. The molecule has 0 saturated carbocycles. The van der Waals surface area contributed by atoms with Gasteiger partial charge in [0.15, 0.2) is 0 Å². The third-order valence-corrected chi connectivity index (χ3v) is 4.63. The average molecular weight is 453 g/mol. The molecule has 152 valence electrons. The summed E-state index contributed by atoms with van der Waals surface area (Å²) in [5, 5.41) is 4.17. The molecule has 0 aliphatic carbocycles. The van der Waals surface area contributed by atoms with Crippen molar-refractivity contribution in [1.29, 1.82) is 0 Å². The summed E-state index contributed by atoms with van der Waals surface area (Å²) in [6.45, 7) is 0. The molecule has 4 rings (SSSR count). The summed E-state index contributed by atoms with van der Waals surface area (Å²) in [5.74, 6) is -0.313. The smallest absolute Gasteiger partial charge is 0.384 e. The van der Waals surface area contributed by atoms with Crippen LogP contribution >= 0.6 is 23.2 Å². The molecule has 0 spiro atoms. The van der Waals surface area contributed by atoms with E-state index in [1.165, 1.54) is 30.5 Å². The fourth-order valence-corrected chi connectivity index (χ4v) is 2.76. The molecule has 0 atom stereocenters. The van der Waals surface area contributed by atoms with Crippen molar-refractivity contribution in [3.63, 3.8) is 0 Å². The number of nitrogens with zero attached hydrogens (tertiary/aromatic N) is 5. The van der Waals surface area contributed by atoms with E-state index in [1.807, 2.05) is 0 Å². The number of pyridine rings is 1. The zero-order valence-corrected chi connectivity index (χ0v) is 16.2. The van der Waals surface area contributed by atoms with E-state index in [2.05, 4.69) is 25.1 Å². The van der Waals surface area contributed by atoms with Crippen LogP contribution in [0.1, 0.15) is 5.69 Å². The standard InChI is InChI=1S/C18H9Cl2F3N6O/c19-10-3-1-8(5-11(10)20)12-6-13(18(21,22)23)27-16(26-12)17-28-15(29-30-17)9-2-4-14(24)25-7-9/h1-7H,(H2,24,25). The van der Waals surface area contributed by atoms with Gasteiger partial charge in [0, 0.05) is 17.3 Å². The number of alkyl halides is 3. The Kier molecular flexibility index (Phi) is 5.04. The molecule has 7 nitrogen and oxygen atoms in total. The lowest BCUT2D eigenvalue weighted by Gasteiger charge is -2.09. The lowest BCUT2D eigenvalue weighted by Crippen LogP contribution is -2.10. The van der Waals surface area contributed by atoms with Gasteiger partial charge in [-0.1, -0.05) is 34.4 Å². The van der Waals surface area contributed by atoms with Crippen molar-refractivity contribution in [3.8, 4) is 34.4 Å². The molecule has 3 heterocycles. The van der Waals surface area contributed by atoms with Gasteiger partial charge < -0.3 is 10.3 Å². The molecule has 0 fully saturated rings. The van der Waals surface area contributed by atoms with Crippen LogP contribution in [0.25, 0.3) is 34.4 Å². The first-order valence-electron chi connectivity index (χ1n) is 8.18. The minimum Gasteiger partial charge on any atom is -0.384 e. The summed E-state index contributed by atoms with van der Waals surface area (Å²) < 4.78 is 45.3. The third-order valence-electron chi connectivity index (χ3n) is 3.89. The van der Waals surface area contributed by atoms with Crippen molar-refractivity contribution in [3.05, 3.63) is 58.3 Å². The number of nitrogens with two attached hydrogens (primary N) is 1. The van der Waals surface area contributed by atoms with Gasteiger partial charge in [0.25, 0.3) is 5.89 Å². The summed E-state index contributed by atoms with van der Waals surface area (Å²) in [5.41, 5.74) is 5.07. The first-order chi connectivity index (χ1) is 14.2. The highest BCUT2D eigenvalue weighted by molar-refractivity contribution is 6.42. The number of aromatic nitrogens is 5. The minimum absolute atomic E-state index is 0.0419. The highest BCUT2D eigenvalue weighted by Crippen LogP contribution is 2.34. The lowest BCUT2D eigenvalue weighted by molar-refractivity contribution is -0.141. The second kappa shape index (κ2) is 7.54. The Morgan fingerprint density at radius 1 is 0.867 bits per heavy atom. The number of hydrogen-bond donors (Lipinski definition) is 1. The number of rotatable bonds is 3. The second-order valence-corrected chi connectivity index (χ2v) is 6.80. The van der Waals surface area contributed by atoms with Crippen LogP contribution in [0.4, 0.5) is 19.0 Å². The second-order valence-electron chi connectivity index (χ2n) is 5.98. The molecule has 4 aromatic rings. The van der Waals surface area contributed by atoms with Crippen LogP contribution in [0, 0.1) is 0 Å². The summed E-state index contributed by atoms with van der Waals surface area (Å²) in [6, 6.07) is 8.24. The molecule has 0 unspecified atom stereocenters. The molecule has 1 aromatic carbocycles. The predicted octanol–water partition coefficient (Wildman–Crippen LogP) is 5.16. The maximum atomic E-state index is 13.4. The molecule has 2 N–H and O–H groups in total. The van der Waals surface area contributed by atoms with Gasteiger partial charge in [-0.15, -0.1) is 0 Å². The molecule has 30 heavy (non-hydrogen) atoms. The first-order valence-corrected chi connectivity index (χ1v) is 8.94. The van der Waals surface area contributed by atoms with E-state index in [9.17, 15) is 13.2 Å². The lowest BCUT2D eigenvalue weighted by atomic mass is 10.1. The number of halogens is 5. The Labute approximate surface area is 176 Å². The quantitative estimate of drug-likeness (QED) is 0.457. The summed E-state index contributed by atoms with van der Waals surface area (Å²) in [7, 11) is 0. The van der Waals surface area contributed by atoms with E-state index in [1.54, 1.807) is 6.07 Å². The monoisotopic (exact) mass is 452 g/mol. The van der Waals surface area contributed by atoms with E-state index in [0.29, 0.717) is 11.1 Å². The van der Waals surface area contributed by atoms with Crippen molar-refractivity contribution >= 4 is 29.0 Å². The van der Waals surface area contributed by atoms with Gasteiger partial charge >= 0.3 is 6.18 Å². The maximum absolute atomic E-state index is 13.4. The Morgan fingerprint density at radius 3 is 2.30 bits per heavy atom. The van der Waals surface area contributed by atoms with E-state index in [0.717, 1.165) is 6.07 Å². The average Bonchev–Trinajstić information content (AvgIpc) is 3.20. The van der Waals surface area contributed by atoms with Crippen LogP contribution in [0.5, 0.6) is 0 Å². The third kappa shape index (κ3) is 4.05. The molecule has 12 heteroatoms. The van der Waals surface area contributed by atoms with E-state index >= 15 is 0 Å². The maximum Gasteiger partial charge on any atom is 0.433 e. The fraction of sp³-hybridized carbons (Fsp3) is 0.0556. The minimum atomic E-state index is -4.73. The Morgan fingerprint density at radius 2 is 1.63 bits per heavy atom. The molecule has 0 amide bonds. The molecule has 0 aliphatic heterocycles. The summed E-state index contributed by atoms with van der Waals surface area (Å²) in [6.07, 6.45) is -3.33. The Bertz CT molecular complexity index is 1230. The van der Waals surface area contributed by atoms with Gasteiger partial charge in [-0.05, 0) is 30.3 Å². The van der Waals surface area contributed by atoms with Crippen LogP contribution in [-0.4, -0.2) is 25.1 Å². The molecule has 0 bridgehead atoms. The van der Waals surface area contributed by atoms with Crippen molar-refractivity contribution in [2.75, 3.05) is 5.73 Å². The SMILES string of the molecule is Nc1ccc(-c2noc(-c3nc(-c4ccc(Cl)c(Cl)c4)cc(C(F)(F)F)n3)n2)cn1. The number of anilines is 1. The molecular weight excluding hydrogens is 444 g/mol. The Hall–Kier alpha value is -3.24. The van der Waals surface area contributed by atoms with Gasteiger partial charge in [-0.2, -0.15) is 18.2 Å². The molecule has 3 aromatic heterocycles. The number of benzene rings is 1. The summed E-state index contributed by atoms with van der Waals surface area (Å²) >= 11 is 11.9. The van der Waals surface area contributed by atoms with Crippen molar-refractivity contribution < 1.29 is 17.7 Å². The normalized spacial score (nSPS) is 11.6. The predicted molar refractivity (Wildman–Crippen MR) is 103 cm³/mol. The highest BCUT2D eigenvalue weighted by Gasteiger charge is 2.34. The van der Waals surface area contributed by atoms with E-state index in [-0.39, 0.29) is 33.3 Å². The molecule has 0 aliphatic rings. The van der Waals surface area contributed by atoms with Crippen LogP contribution in [0.3, 0.4) is 0 Å².